The zero-order chi connectivity index (χ0) is 18.1. The van der Waals surface area contributed by atoms with E-state index in [0.29, 0.717) is 37.6 Å². The predicted octanol–water partition coefficient (Wildman–Crippen LogP) is 1.42. The highest BCUT2D eigenvalue weighted by atomic mass is 16.5. The number of carbonyl (C=O) groups excluding carboxylic acids is 2. The van der Waals surface area contributed by atoms with Crippen molar-refractivity contribution >= 4 is 11.8 Å². The third kappa shape index (κ3) is 3.31. The molecule has 0 aromatic carbocycles. The fourth-order valence-corrected chi connectivity index (χ4v) is 3.49. The van der Waals surface area contributed by atoms with Crippen molar-refractivity contribution in [1.29, 1.82) is 0 Å². The molecular weight excluding hydrogens is 334 g/mol. The quantitative estimate of drug-likeness (QED) is 0.894. The summed E-state index contributed by atoms with van der Waals surface area (Å²) in [5.74, 6) is 1.31. The minimum atomic E-state index is -0.357. The number of nitrogens with zero attached hydrogens (tertiary/aromatic N) is 4. The number of pyridine rings is 1. The Kier molecular flexibility index (Phi) is 4.40. The lowest BCUT2D eigenvalue weighted by Crippen LogP contribution is -2.47. The van der Waals surface area contributed by atoms with E-state index in [-0.39, 0.29) is 23.8 Å². The Morgan fingerprint density at radius 3 is 2.73 bits per heavy atom. The molecule has 4 heterocycles. The number of nitrogens with one attached hydrogen (secondary N) is 1. The van der Waals surface area contributed by atoms with Crippen LogP contribution in [0.5, 0.6) is 0 Å². The number of aromatic nitrogens is 3. The maximum atomic E-state index is 12.5. The highest BCUT2D eigenvalue weighted by Gasteiger charge is 2.33. The molecule has 0 bridgehead atoms. The van der Waals surface area contributed by atoms with Crippen LogP contribution in [0.1, 0.15) is 43.1 Å². The van der Waals surface area contributed by atoms with Crippen LogP contribution in [0.15, 0.2) is 22.9 Å². The molecule has 136 valence electrons. The molecule has 1 atom stereocenters. The molecule has 2 amide bonds. The molecule has 2 aromatic heterocycles. The molecule has 0 spiro atoms. The Labute approximate surface area is 151 Å². The van der Waals surface area contributed by atoms with Gasteiger partial charge in [0.15, 0.2) is 5.82 Å². The van der Waals surface area contributed by atoms with Gasteiger partial charge in [-0.25, -0.2) is 0 Å². The maximum Gasteiger partial charge on any atom is 0.259 e. The molecule has 26 heavy (non-hydrogen) atoms. The first kappa shape index (κ1) is 16.7. The van der Waals surface area contributed by atoms with Gasteiger partial charge in [0.2, 0.25) is 11.8 Å². The average molecular weight is 355 g/mol. The molecular formula is C18H21N5O3. The third-order valence-electron chi connectivity index (χ3n) is 5.07. The van der Waals surface area contributed by atoms with E-state index < -0.39 is 0 Å². The van der Waals surface area contributed by atoms with Crippen LogP contribution in [0.25, 0.3) is 11.5 Å². The van der Waals surface area contributed by atoms with E-state index in [0.717, 1.165) is 24.1 Å². The van der Waals surface area contributed by atoms with Crippen molar-refractivity contribution in [2.24, 2.45) is 0 Å². The topological polar surface area (TPSA) is 101 Å². The van der Waals surface area contributed by atoms with Crippen molar-refractivity contribution < 1.29 is 14.1 Å². The van der Waals surface area contributed by atoms with E-state index in [2.05, 4.69) is 20.4 Å². The molecule has 2 aliphatic rings. The Balaban J connectivity index is 1.37. The summed E-state index contributed by atoms with van der Waals surface area (Å²) < 4.78 is 5.38. The van der Waals surface area contributed by atoms with Gasteiger partial charge < -0.3 is 14.7 Å². The van der Waals surface area contributed by atoms with E-state index in [1.165, 1.54) is 0 Å². The van der Waals surface area contributed by atoms with Crippen molar-refractivity contribution in [2.75, 3.05) is 13.1 Å². The fraction of sp³-hybridized carbons (Fsp3) is 0.500. The van der Waals surface area contributed by atoms with E-state index in [1.807, 2.05) is 24.0 Å². The van der Waals surface area contributed by atoms with Crippen LogP contribution in [-0.2, 0) is 9.59 Å². The summed E-state index contributed by atoms with van der Waals surface area (Å²) in [7, 11) is 0. The molecule has 4 rings (SSSR count). The number of rotatable bonds is 3. The second-order valence-corrected chi connectivity index (χ2v) is 6.90. The van der Waals surface area contributed by atoms with Crippen LogP contribution in [0.2, 0.25) is 0 Å². The van der Waals surface area contributed by atoms with Gasteiger partial charge in [0.1, 0.15) is 6.04 Å². The predicted molar refractivity (Wildman–Crippen MR) is 92.0 cm³/mol. The van der Waals surface area contributed by atoms with E-state index in [1.54, 1.807) is 6.20 Å². The first-order valence-electron chi connectivity index (χ1n) is 8.95. The van der Waals surface area contributed by atoms with Gasteiger partial charge in [-0.05, 0) is 38.3 Å². The number of hydrogen-bond donors (Lipinski definition) is 1. The van der Waals surface area contributed by atoms with Crippen LogP contribution >= 0.6 is 0 Å². The van der Waals surface area contributed by atoms with E-state index >= 15 is 0 Å². The number of likely N-dealkylation sites (tertiary alicyclic amines) is 1. The van der Waals surface area contributed by atoms with Crippen molar-refractivity contribution in [1.82, 2.24) is 25.3 Å². The molecule has 0 saturated carbocycles. The summed E-state index contributed by atoms with van der Waals surface area (Å²) in [5.41, 5.74) is 1.74. The molecule has 2 aliphatic heterocycles. The number of hydrogen-bond acceptors (Lipinski definition) is 6. The van der Waals surface area contributed by atoms with Gasteiger partial charge in [0.05, 0.1) is 5.56 Å². The third-order valence-corrected chi connectivity index (χ3v) is 5.07. The molecule has 1 N–H and O–H groups in total. The zero-order valence-corrected chi connectivity index (χ0v) is 14.6. The Morgan fingerprint density at radius 2 is 2.08 bits per heavy atom. The van der Waals surface area contributed by atoms with Crippen LogP contribution < -0.4 is 5.32 Å². The normalized spacial score (nSPS) is 21.0. The SMILES string of the molecule is Cc1ccc(-c2nc(C3CCN(C(=O)[C@H]4CCC(=O)N4)CC3)no2)cn1. The highest BCUT2D eigenvalue weighted by molar-refractivity contribution is 5.90. The van der Waals surface area contributed by atoms with E-state index in [4.69, 9.17) is 4.52 Å². The maximum absolute atomic E-state index is 12.5. The van der Waals surface area contributed by atoms with Crippen molar-refractivity contribution in [3.8, 4) is 11.5 Å². The van der Waals surface area contributed by atoms with Crippen molar-refractivity contribution in [2.45, 2.75) is 44.6 Å². The second kappa shape index (κ2) is 6.86. The van der Waals surface area contributed by atoms with Crippen LogP contribution in [-0.4, -0.2) is 51.0 Å². The highest BCUT2D eigenvalue weighted by Crippen LogP contribution is 2.28. The summed E-state index contributed by atoms with van der Waals surface area (Å²) in [4.78, 5) is 34.4. The number of amides is 2. The monoisotopic (exact) mass is 355 g/mol. The Morgan fingerprint density at radius 1 is 1.27 bits per heavy atom. The number of carbonyl (C=O) groups is 2. The van der Waals surface area contributed by atoms with Gasteiger partial charge in [-0.1, -0.05) is 5.16 Å². The lowest BCUT2D eigenvalue weighted by Gasteiger charge is -2.32. The zero-order valence-electron chi connectivity index (χ0n) is 14.6. The van der Waals surface area contributed by atoms with Crippen molar-refractivity contribution in [3.63, 3.8) is 0 Å². The molecule has 8 nitrogen and oxygen atoms in total. The molecule has 2 fully saturated rings. The lowest BCUT2D eigenvalue weighted by atomic mass is 9.95. The summed E-state index contributed by atoms with van der Waals surface area (Å²) in [5, 5.41) is 6.87. The standard InChI is InChI=1S/C18H21N5O3/c1-11-2-3-13(10-19-11)17-21-16(22-26-17)12-6-8-23(9-7-12)18(25)14-4-5-15(24)20-14/h2-3,10,12,14H,4-9H2,1H3,(H,20,24)/t14-/m1/s1. The van der Waals surface area contributed by atoms with Gasteiger partial charge in [0, 0.05) is 37.3 Å². The fourth-order valence-electron chi connectivity index (χ4n) is 3.49. The minimum absolute atomic E-state index is 0.0221. The van der Waals surface area contributed by atoms with Crippen LogP contribution in [0.4, 0.5) is 0 Å². The van der Waals surface area contributed by atoms with Gasteiger partial charge in [-0.3, -0.25) is 14.6 Å². The first-order chi connectivity index (χ1) is 12.6. The molecule has 2 aromatic rings. The average Bonchev–Trinajstić information content (AvgIpc) is 3.31. The smallest absolute Gasteiger partial charge is 0.259 e. The largest absolute Gasteiger partial charge is 0.344 e. The number of piperidine rings is 1. The summed E-state index contributed by atoms with van der Waals surface area (Å²) in [6, 6.07) is 3.46. The van der Waals surface area contributed by atoms with Gasteiger partial charge in [-0.15, -0.1) is 0 Å². The molecule has 0 aliphatic carbocycles. The van der Waals surface area contributed by atoms with Crippen molar-refractivity contribution in [3.05, 3.63) is 29.8 Å². The van der Waals surface area contributed by atoms with Crippen LogP contribution in [0, 0.1) is 6.92 Å². The van der Waals surface area contributed by atoms with Crippen LogP contribution in [0.3, 0.4) is 0 Å². The molecule has 0 radical (unpaired) electrons. The lowest BCUT2D eigenvalue weighted by molar-refractivity contribution is -0.135. The van der Waals surface area contributed by atoms with E-state index in [9.17, 15) is 9.59 Å². The van der Waals surface area contributed by atoms with Gasteiger partial charge >= 0.3 is 0 Å². The first-order valence-corrected chi connectivity index (χ1v) is 8.95. The van der Waals surface area contributed by atoms with Gasteiger partial charge in [0.25, 0.3) is 5.89 Å². The minimum Gasteiger partial charge on any atom is -0.344 e. The number of aryl methyl sites for hydroxylation is 1. The molecule has 2 saturated heterocycles. The Bertz CT molecular complexity index is 808. The molecule has 8 heteroatoms. The summed E-state index contributed by atoms with van der Waals surface area (Å²) >= 11 is 0. The second-order valence-electron chi connectivity index (χ2n) is 6.90. The summed E-state index contributed by atoms with van der Waals surface area (Å²) in [6.07, 6.45) is 4.33. The van der Waals surface area contributed by atoms with Gasteiger partial charge in [-0.2, -0.15) is 4.98 Å². The molecule has 0 unspecified atom stereocenters. The summed E-state index contributed by atoms with van der Waals surface area (Å²) in [6.45, 7) is 3.22. The Hall–Kier alpha value is -2.77.